The summed E-state index contributed by atoms with van der Waals surface area (Å²) in [7, 11) is 0. The van der Waals surface area contributed by atoms with Crippen LogP contribution in [-0.4, -0.2) is 31.1 Å². The summed E-state index contributed by atoms with van der Waals surface area (Å²) in [6.07, 6.45) is 7.91. The molecule has 0 radical (unpaired) electrons. The van der Waals surface area contributed by atoms with Crippen LogP contribution < -0.4 is 5.73 Å². The topological polar surface area (TPSA) is 29.3 Å². The summed E-state index contributed by atoms with van der Waals surface area (Å²) in [6.45, 7) is 4.56. The number of fused-ring (bicyclic) bond motifs is 1. The van der Waals surface area contributed by atoms with Crippen LogP contribution in [0.2, 0.25) is 0 Å². The summed E-state index contributed by atoms with van der Waals surface area (Å²) in [5, 5.41) is 0. The Bertz CT molecular complexity index is 394. The molecule has 2 N–H and O–H groups in total. The lowest BCUT2D eigenvalue weighted by Gasteiger charge is -2.34. The van der Waals surface area contributed by atoms with E-state index < -0.39 is 0 Å². The van der Waals surface area contributed by atoms with Gasteiger partial charge >= 0.3 is 0 Å². The zero-order chi connectivity index (χ0) is 13.1. The van der Waals surface area contributed by atoms with Gasteiger partial charge in [0.2, 0.25) is 0 Å². The maximum Gasteiger partial charge on any atom is 0.00565 e. The Morgan fingerprint density at radius 2 is 1.53 bits per heavy atom. The van der Waals surface area contributed by atoms with Crippen molar-refractivity contribution in [2.45, 2.75) is 38.5 Å². The van der Waals surface area contributed by atoms with Gasteiger partial charge in [0, 0.05) is 12.0 Å². The van der Waals surface area contributed by atoms with Gasteiger partial charge in [-0.3, -0.25) is 0 Å². The van der Waals surface area contributed by atoms with Crippen molar-refractivity contribution in [1.82, 2.24) is 4.90 Å². The second kappa shape index (κ2) is 5.64. The van der Waals surface area contributed by atoms with Crippen LogP contribution >= 0.6 is 0 Å². The maximum absolute atomic E-state index is 6.18. The lowest BCUT2D eigenvalue weighted by atomic mass is 9.84. The van der Waals surface area contributed by atoms with Crippen molar-refractivity contribution in [1.29, 1.82) is 0 Å². The minimum absolute atomic E-state index is 0.300. The first-order chi connectivity index (χ1) is 9.31. The predicted octanol–water partition coefficient (Wildman–Crippen LogP) is 2.61. The number of rotatable bonds is 3. The van der Waals surface area contributed by atoms with Gasteiger partial charge in [-0.25, -0.2) is 0 Å². The third-order valence-electron chi connectivity index (χ3n) is 4.94. The fourth-order valence-corrected chi connectivity index (χ4v) is 3.86. The second-order valence-electron chi connectivity index (χ2n) is 6.52. The van der Waals surface area contributed by atoms with Crippen LogP contribution in [0.3, 0.4) is 0 Å². The van der Waals surface area contributed by atoms with Crippen LogP contribution in [-0.2, 0) is 12.8 Å². The molecule has 1 heterocycles. The minimum atomic E-state index is 0.300. The van der Waals surface area contributed by atoms with Gasteiger partial charge in [0.15, 0.2) is 0 Å². The fraction of sp³-hybridized carbons (Fsp3) is 0.647. The van der Waals surface area contributed by atoms with Gasteiger partial charge < -0.3 is 10.6 Å². The van der Waals surface area contributed by atoms with E-state index in [0.717, 1.165) is 6.54 Å². The highest BCUT2D eigenvalue weighted by atomic mass is 15.1. The quantitative estimate of drug-likeness (QED) is 0.903. The molecule has 1 saturated heterocycles. The molecule has 0 unspecified atom stereocenters. The SMILES string of the molecule is NCC1(CN2CCCCCC2)Cc2ccccc2C1. The number of benzene rings is 1. The second-order valence-corrected chi connectivity index (χ2v) is 6.52. The Balaban J connectivity index is 1.71. The van der Waals surface area contributed by atoms with E-state index in [1.54, 1.807) is 0 Å². The van der Waals surface area contributed by atoms with Crippen molar-refractivity contribution >= 4 is 0 Å². The number of likely N-dealkylation sites (tertiary alicyclic amines) is 1. The van der Waals surface area contributed by atoms with Crippen LogP contribution in [0.4, 0.5) is 0 Å². The van der Waals surface area contributed by atoms with Crippen molar-refractivity contribution in [2.75, 3.05) is 26.2 Å². The monoisotopic (exact) mass is 258 g/mol. The zero-order valence-electron chi connectivity index (χ0n) is 11.9. The van der Waals surface area contributed by atoms with Gasteiger partial charge in [0.1, 0.15) is 0 Å². The van der Waals surface area contributed by atoms with E-state index in [-0.39, 0.29) is 0 Å². The average molecular weight is 258 g/mol. The summed E-state index contributed by atoms with van der Waals surface area (Å²) in [5.41, 5.74) is 9.54. The zero-order valence-corrected chi connectivity index (χ0v) is 11.9. The Hall–Kier alpha value is -0.860. The lowest BCUT2D eigenvalue weighted by molar-refractivity contribution is 0.165. The highest BCUT2D eigenvalue weighted by Gasteiger charge is 2.37. The number of nitrogens with two attached hydrogens (primary N) is 1. The molecule has 2 heteroatoms. The minimum Gasteiger partial charge on any atom is -0.330 e. The number of hydrogen-bond donors (Lipinski definition) is 1. The van der Waals surface area contributed by atoms with Gasteiger partial charge in [0.05, 0.1) is 0 Å². The smallest absolute Gasteiger partial charge is 0.00565 e. The standard InChI is InChI=1S/C17H26N2/c18-13-17(14-19-9-5-1-2-6-10-19)11-15-7-3-4-8-16(15)12-17/h3-4,7-8H,1-2,5-6,9-14,18H2. The molecular weight excluding hydrogens is 232 g/mol. The molecule has 19 heavy (non-hydrogen) atoms. The first-order valence-electron chi connectivity index (χ1n) is 7.81. The van der Waals surface area contributed by atoms with Crippen LogP contribution in [0.1, 0.15) is 36.8 Å². The summed E-state index contributed by atoms with van der Waals surface area (Å²) in [5.74, 6) is 0. The summed E-state index contributed by atoms with van der Waals surface area (Å²) < 4.78 is 0. The number of hydrogen-bond acceptors (Lipinski definition) is 2. The molecule has 0 atom stereocenters. The highest BCUT2D eigenvalue weighted by molar-refractivity contribution is 5.34. The van der Waals surface area contributed by atoms with Crippen molar-refractivity contribution in [3.63, 3.8) is 0 Å². The van der Waals surface area contributed by atoms with E-state index in [1.165, 1.54) is 69.3 Å². The number of nitrogens with zero attached hydrogens (tertiary/aromatic N) is 1. The van der Waals surface area contributed by atoms with Gasteiger partial charge in [0.25, 0.3) is 0 Å². The van der Waals surface area contributed by atoms with E-state index in [9.17, 15) is 0 Å². The Labute approximate surface area is 117 Å². The largest absolute Gasteiger partial charge is 0.330 e. The molecule has 1 aliphatic heterocycles. The van der Waals surface area contributed by atoms with Crippen molar-refractivity contribution < 1.29 is 0 Å². The van der Waals surface area contributed by atoms with Crippen LogP contribution in [0.25, 0.3) is 0 Å². The summed E-state index contributed by atoms with van der Waals surface area (Å²) >= 11 is 0. The molecule has 1 aliphatic carbocycles. The van der Waals surface area contributed by atoms with E-state index in [2.05, 4.69) is 29.2 Å². The molecule has 0 aromatic heterocycles. The first-order valence-corrected chi connectivity index (χ1v) is 7.81. The predicted molar refractivity (Wildman–Crippen MR) is 80.2 cm³/mol. The Morgan fingerprint density at radius 3 is 2.05 bits per heavy atom. The molecule has 3 rings (SSSR count). The van der Waals surface area contributed by atoms with Gasteiger partial charge in [-0.2, -0.15) is 0 Å². The molecule has 0 bridgehead atoms. The van der Waals surface area contributed by atoms with Gasteiger partial charge in [-0.05, 0) is 56.4 Å². The van der Waals surface area contributed by atoms with Gasteiger partial charge in [-0.15, -0.1) is 0 Å². The average Bonchev–Trinajstić information content (AvgIpc) is 2.61. The highest BCUT2D eigenvalue weighted by Crippen LogP contribution is 2.37. The molecule has 1 aromatic carbocycles. The lowest BCUT2D eigenvalue weighted by Crippen LogP contribution is -2.43. The van der Waals surface area contributed by atoms with E-state index in [0.29, 0.717) is 5.41 Å². The third-order valence-corrected chi connectivity index (χ3v) is 4.94. The van der Waals surface area contributed by atoms with Crippen molar-refractivity contribution in [3.05, 3.63) is 35.4 Å². The molecule has 1 fully saturated rings. The molecule has 2 nitrogen and oxygen atoms in total. The molecule has 1 aromatic rings. The van der Waals surface area contributed by atoms with Crippen molar-refractivity contribution in [3.8, 4) is 0 Å². The maximum atomic E-state index is 6.18. The van der Waals surface area contributed by atoms with Crippen LogP contribution in [0.5, 0.6) is 0 Å². The van der Waals surface area contributed by atoms with Crippen LogP contribution in [0.15, 0.2) is 24.3 Å². The van der Waals surface area contributed by atoms with Gasteiger partial charge in [-0.1, -0.05) is 37.1 Å². The van der Waals surface area contributed by atoms with Crippen molar-refractivity contribution in [2.24, 2.45) is 11.1 Å². The third kappa shape index (κ3) is 2.85. The van der Waals surface area contributed by atoms with E-state index in [1.807, 2.05) is 0 Å². The Kier molecular flexibility index (Phi) is 3.90. The molecule has 2 aliphatic rings. The normalized spacial score (nSPS) is 23.0. The van der Waals surface area contributed by atoms with E-state index in [4.69, 9.17) is 5.73 Å². The summed E-state index contributed by atoms with van der Waals surface area (Å²) in [6, 6.07) is 8.90. The first kappa shape index (κ1) is 13.1. The molecule has 0 saturated carbocycles. The molecule has 104 valence electrons. The Morgan fingerprint density at radius 1 is 0.947 bits per heavy atom. The summed E-state index contributed by atoms with van der Waals surface area (Å²) in [4.78, 5) is 2.67. The molecule has 0 amide bonds. The van der Waals surface area contributed by atoms with Crippen LogP contribution in [0, 0.1) is 5.41 Å². The molecule has 0 spiro atoms. The molecular formula is C17H26N2. The van der Waals surface area contributed by atoms with E-state index >= 15 is 0 Å². The fourth-order valence-electron chi connectivity index (χ4n) is 3.86.